The Morgan fingerprint density at radius 1 is 0.919 bits per heavy atom. The van der Waals surface area contributed by atoms with Gasteiger partial charge < -0.3 is 19.2 Å². The summed E-state index contributed by atoms with van der Waals surface area (Å²) in [7, 11) is 0. The van der Waals surface area contributed by atoms with Gasteiger partial charge in [-0.05, 0) is 41.7 Å². The lowest BCUT2D eigenvalue weighted by Crippen LogP contribution is -2.46. The molecule has 0 spiro atoms. The lowest BCUT2D eigenvalue weighted by atomic mass is 9.99. The monoisotopic (exact) mass is 499 g/mol. The maximum Gasteiger partial charge on any atom is 0.408 e. The van der Waals surface area contributed by atoms with Gasteiger partial charge in [0.25, 0.3) is 0 Å². The van der Waals surface area contributed by atoms with Gasteiger partial charge >= 0.3 is 17.7 Å². The predicted octanol–water partition coefficient (Wildman–Crippen LogP) is 5.55. The molecule has 3 aromatic carbocycles. The summed E-state index contributed by atoms with van der Waals surface area (Å²) < 4.78 is 16.4. The van der Waals surface area contributed by atoms with Crippen molar-refractivity contribution in [1.82, 2.24) is 5.32 Å². The molecule has 1 heterocycles. The average molecular weight is 500 g/mol. The summed E-state index contributed by atoms with van der Waals surface area (Å²) in [6, 6.07) is 22.9. The Hall–Kier alpha value is -4.39. The predicted molar refractivity (Wildman–Crippen MR) is 140 cm³/mol. The van der Waals surface area contributed by atoms with E-state index in [1.54, 1.807) is 26.0 Å². The van der Waals surface area contributed by atoms with Crippen LogP contribution in [0.25, 0.3) is 11.0 Å². The molecule has 1 atom stereocenters. The minimum absolute atomic E-state index is 0.0852. The average Bonchev–Trinajstić information content (AvgIpc) is 2.89. The molecular formula is C30H29NO6. The number of rotatable bonds is 8. The van der Waals surface area contributed by atoms with Crippen molar-refractivity contribution in [3.05, 3.63) is 112 Å². The second-order valence-corrected chi connectivity index (χ2v) is 9.16. The third-order valence-corrected chi connectivity index (χ3v) is 6.11. The number of carbonyl (C=O) groups is 2. The zero-order chi connectivity index (χ0) is 26.4. The van der Waals surface area contributed by atoms with E-state index in [9.17, 15) is 14.4 Å². The molecule has 0 aliphatic heterocycles. The van der Waals surface area contributed by atoms with E-state index in [1.807, 2.05) is 67.6 Å². The number of hydrogen-bond donors (Lipinski definition) is 1. The maximum absolute atomic E-state index is 12.9. The van der Waals surface area contributed by atoms with E-state index in [-0.39, 0.29) is 18.3 Å². The Balaban J connectivity index is 1.46. The molecule has 1 aromatic heterocycles. The first-order valence-corrected chi connectivity index (χ1v) is 12.1. The summed E-state index contributed by atoms with van der Waals surface area (Å²) in [5.74, 6) is -0.690. The molecule has 4 rings (SSSR count). The van der Waals surface area contributed by atoms with Gasteiger partial charge in [0.1, 0.15) is 24.0 Å². The third-order valence-electron chi connectivity index (χ3n) is 6.11. The summed E-state index contributed by atoms with van der Waals surface area (Å²) in [6.07, 6.45) is -0.255. The largest absolute Gasteiger partial charge is 0.445 e. The number of nitrogens with one attached hydrogen (secondary N) is 1. The molecule has 0 radical (unpaired) electrons. The summed E-state index contributed by atoms with van der Waals surface area (Å²) >= 11 is 0. The second-order valence-electron chi connectivity index (χ2n) is 9.16. The van der Waals surface area contributed by atoms with Gasteiger partial charge in [0.05, 0.1) is 0 Å². The fraction of sp³-hybridized carbons (Fsp3) is 0.233. The van der Waals surface area contributed by atoms with Crippen LogP contribution in [-0.4, -0.2) is 18.1 Å². The topological polar surface area (TPSA) is 94.8 Å². The minimum Gasteiger partial charge on any atom is -0.445 e. The highest BCUT2D eigenvalue weighted by Crippen LogP contribution is 2.26. The number of ether oxygens (including phenoxy) is 2. The van der Waals surface area contributed by atoms with Crippen molar-refractivity contribution in [1.29, 1.82) is 0 Å². The van der Waals surface area contributed by atoms with E-state index in [0.29, 0.717) is 17.6 Å². The first-order chi connectivity index (χ1) is 17.8. The van der Waals surface area contributed by atoms with E-state index in [4.69, 9.17) is 13.9 Å². The number of alkyl carbamates (subject to hydrolysis) is 1. The van der Waals surface area contributed by atoms with Crippen molar-refractivity contribution >= 4 is 23.0 Å². The first kappa shape index (κ1) is 25.7. The van der Waals surface area contributed by atoms with Gasteiger partial charge in [-0.25, -0.2) is 14.4 Å². The highest BCUT2D eigenvalue weighted by atomic mass is 16.6. The summed E-state index contributed by atoms with van der Waals surface area (Å²) in [5.41, 5.74) is 3.14. The number of carbonyl (C=O) groups excluding carboxylic acids is 2. The van der Waals surface area contributed by atoms with Crippen LogP contribution in [0.5, 0.6) is 5.75 Å². The molecule has 0 aliphatic carbocycles. The zero-order valence-electron chi connectivity index (χ0n) is 21.0. The van der Waals surface area contributed by atoms with Crippen molar-refractivity contribution in [3.63, 3.8) is 0 Å². The molecule has 0 fully saturated rings. The number of esters is 1. The van der Waals surface area contributed by atoms with Gasteiger partial charge in [0.2, 0.25) is 0 Å². The van der Waals surface area contributed by atoms with Gasteiger partial charge in [0.15, 0.2) is 0 Å². The van der Waals surface area contributed by atoms with Crippen LogP contribution in [0.1, 0.15) is 36.1 Å². The Morgan fingerprint density at radius 2 is 1.57 bits per heavy atom. The minimum atomic E-state index is -0.930. The molecule has 0 aliphatic rings. The summed E-state index contributed by atoms with van der Waals surface area (Å²) in [4.78, 5) is 38.0. The smallest absolute Gasteiger partial charge is 0.408 e. The van der Waals surface area contributed by atoms with Crippen LogP contribution in [0.2, 0.25) is 0 Å². The normalized spacial score (nSPS) is 11.8. The Bertz CT molecular complexity index is 1440. The number of benzene rings is 3. The molecule has 190 valence electrons. The number of amides is 1. The first-order valence-electron chi connectivity index (χ1n) is 12.1. The van der Waals surface area contributed by atoms with Crippen LogP contribution >= 0.6 is 0 Å². The zero-order valence-corrected chi connectivity index (χ0v) is 21.0. The van der Waals surface area contributed by atoms with Crippen LogP contribution in [-0.2, 0) is 22.6 Å². The lowest BCUT2D eigenvalue weighted by Gasteiger charge is -2.20. The van der Waals surface area contributed by atoms with Crippen LogP contribution < -0.4 is 15.7 Å². The molecule has 1 N–H and O–H groups in total. The van der Waals surface area contributed by atoms with E-state index >= 15 is 0 Å². The molecule has 0 saturated carbocycles. The van der Waals surface area contributed by atoms with Gasteiger partial charge in [0, 0.05) is 23.4 Å². The molecule has 37 heavy (non-hydrogen) atoms. The lowest BCUT2D eigenvalue weighted by molar-refractivity contribution is -0.137. The molecule has 0 bridgehead atoms. The fourth-order valence-corrected chi connectivity index (χ4v) is 4.01. The number of hydrogen-bond acceptors (Lipinski definition) is 6. The maximum atomic E-state index is 12.9. The standard InChI is InChI=1S/C30H29NO6/c1-19(2)27(31-30(34)35-18-22-12-8-5-9-13-22)29(33)36-23-14-15-24-20(3)25(28(32)37-26(24)17-23)16-21-10-6-4-7-11-21/h4-15,17,19,27H,16,18H2,1-3H3,(H,31,34). The van der Waals surface area contributed by atoms with Crippen molar-refractivity contribution < 1.29 is 23.5 Å². The van der Waals surface area contributed by atoms with E-state index in [2.05, 4.69) is 5.32 Å². The molecule has 1 unspecified atom stereocenters. The van der Waals surface area contributed by atoms with Gasteiger partial charge in [-0.2, -0.15) is 0 Å². The SMILES string of the molecule is Cc1c(Cc2ccccc2)c(=O)oc2cc(OC(=O)C(NC(=O)OCc3ccccc3)C(C)C)ccc12. The molecule has 7 nitrogen and oxygen atoms in total. The van der Waals surface area contributed by atoms with Crippen LogP contribution in [0.15, 0.2) is 88.1 Å². The summed E-state index contributed by atoms with van der Waals surface area (Å²) in [5, 5.41) is 3.34. The molecule has 7 heteroatoms. The van der Waals surface area contributed by atoms with E-state index < -0.39 is 23.7 Å². The number of fused-ring (bicyclic) bond motifs is 1. The van der Waals surface area contributed by atoms with Gasteiger partial charge in [-0.3, -0.25) is 0 Å². The Labute approximate surface area is 215 Å². The van der Waals surface area contributed by atoms with Crippen molar-refractivity contribution in [2.75, 3.05) is 0 Å². The molecular weight excluding hydrogens is 470 g/mol. The fourth-order valence-electron chi connectivity index (χ4n) is 4.01. The van der Waals surface area contributed by atoms with Crippen LogP contribution in [0.3, 0.4) is 0 Å². The highest BCUT2D eigenvalue weighted by molar-refractivity contribution is 5.86. The van der Waals surface area contributed by atoms with Crippen LogP contribution in [0, 0.1) is 12.8 Å². The number of aryl methyl sites for hydroxylation is 1. The van der Waals surface area contributed by atoms with E-state index in [1.165, 1.54) is 6.07 Å². The van der Waals surface area contributed by atoms with Crippen LogP contribution in [0.4, 0.5) is 4.79 Å². The summed E-state index contributed by atoms with van der Waals surface area (Å²) in [6.45, 7) is 5.55. The quantitative estimate of drug-likeness (QED) is 0.194. The van der Waals surface area contributed by atoms with Crippen molar-refractivity contribution in [2.24, 2.45) is 5.92 Å². The van der Waals surface area contributed by atoms with Crippen molar-refractivity contribution in [3.8, 4) is 5.75 Å². The van der Waals surface area contributed by atoms with Gasteiger partial charge in [-0.1, -0.05) is 74.5 Å². The third kappa shape index (κ3) is 6.44. The highest BCUT2D eigenvalue weighted by Gasteiger charge is 2.27. The van der Waals surface area contributed by atoms with Crippen molar-refractivity contribution in [2.45, 2.75) is 39.8 Å². The Kier molecular flexibility index (Phi) is 8.03. The second kappa shape index (κ2) is 11.6. The van der Waals surface area contributed by atoms with E-state index in [0.717, 1.165) is 22.1 Å². The van der Waals surface area contributed by atoms with Gasteiger partial charge in [-0.15, -0.1) is 0 Å². The molecule has 0 saturated heterocycles. The molecule has 4 aromatic rings. The molecule has 1 amide bonds. The Morgan fingerprint density at radius 3 is 2.22 bits per heavy atom.